The van der Waals surface area contributed by atoms with Gasteiger partial charge in [-0.25, -0.2) is 0 Å². The van der Waals surface area contributed by atoms with Gasteiger partial charge in [-0.3, -0.25) is 9.48 Å². The van der Waals surface area contributed by atoms with Gasteiger partial charge in [0.15, 0.2) is 0 Å². The standard InChI is InChI=1S/C16H26N2O2/c1-4-12-6-8-16(9-7-12,15(19)20)11-14-10-13(5-2)17-18(14)3/h10,12H,4-9,11H2,1-3H3,(H,19,20). The first-order valence-electron chi connectivity index (χ1n) is 7.76. The fourth-order valence-electron chi connectivity index (χ4n) is 3.36. The minimum Gasteiger partial charge on any atom is -0.481 e. The monoisotopic (exact) mass is 278 g/mol. The molecule has 0 saturated heterocycles. The summed E-state index contributed by atoms with van der Waals surface area (Å²) in [5.41, 5.74) is 1.52. The van der Waals surface area contributed by atoms with E-state index in [0.717, 1.165) is 43.5 Å². The number of rotatable bonds is 5. The maximum Gasteiger partial charge on any atom is 0.310 e. The van der Waals surface area contributed by atoms with Crippen LogP contribution in [0.25, 0.3) is 0 Å². The van der Waals surface area contributed by atoms with Crippen LogP contribution in [0.3, 0.4) is 0 Å². The highest BCUT2D eigenvalue weighted by atomic mass is 16.4. The SMILES string of the molecule is CCc1cc(CC2(C(=O)O)CCC(CC)CC2)n(C)n1. The molecule has 1 N–H and O–H groups in total. The molecule has 1 aromatic rings. The van der Waals surface area contributed by atoms with Crippen LogP contribution in [-0.2, 0) is 24.7 Å². The molecule has 0 aliphatic heterocycles. The van der Waals surface area contributed by atoms with E-state index in [9.17, 15) is 9.90 Å². The van der Waals surface area contributed by atoms with Crippen LogP contribution in [-0.4, -0.2) is 20.9 Å². The third kappa shape index (κ3) is 2.89. The van der Waals surface area contributed by atoms with Crippen LogP contribution in [0.5, 0.6) is 0 Å². The minimum atomic E-state index is -0.633. The molecule has 4 heteroatoms. The molecular formula is C16H26N2O2. The van der Waals surface area contributed by atoms with Crippen molar-refractivity contribution in [2.45, 2.75) is 58.8 Å². The average Bonchev–Trinajstić information content (AvgIpc) is 2.80. The molecule has 0 aromatic carbocycles. The minimum absolute atomic E-state index is 0.579. The molecular weight excluding hydrogens is 252 g/mol. The van der Waals surface area contributed by atoms with E-state index in [0.29, 0.717) is 12.3 Å². The van der Waals surface area contributed by atoms with Crippen molar-refractivity contribution in [3.05, 3.63) is 17.5 Å². The molecule has 1 aromatic heterocycles. The van der Waals surface area contributed by atoms with E-state index in [1.165, 1.54) is 6.42 Å². The first kappa shape index (κ1) is 15.1. The number of carboxylic acid groups (broad SMARTS) is 1. The Bertz CT molecular complexity index is 471. The first-order valence-corrected chi connectivity index (χ1v) is 7.76. The fraction of sp³-hybridized carbons (Fsp3) is 0.750. The van der Waals surface area contributed by atoms with E-state index >= 15 is 0 Å². The highest BCUT2D eigenvalue weighted by Crippen LogP contribution is 2.42. The molecule has 0 atom stereocenters. The van der Waals surface area contributed by atoms with Crippen LogP contribution in [0.1, 0.15) is 57.3 Å². The van der Waals surface area contributed by atoms with Crippen LogP contribution in [0, 0.1) is 11.3 Å². The molecule has 0 spiro atoms. The lowest BCUT2D eigenvalue weighted by Gasteiger charge is -2.36. The van der Waals surface area contributed by atoms with Crippen molar-refractivity contribution in [1.82, 2.24) is 9.78 Å². The second kappa shape index (κ2) is 5.98. The lowest BCUT2D eigenvalue weighted by molar-refractivity contribution is -0.151. The first-order chi connectivity index (χ1) is 9.50. The van der Waals surface area contributed by atoms with Crippen molar-refractivity contribution in [3.8, 4) is 0 Å². The Labute approximate surface area is 121 Å². The summed E-state index contributed by atoms with van der Waals surface area (Å²) in [4.78, 5) is 11.8. The summed E-state index contributed by atoms with van der Waals surface area (Å²) in [5, 5.41) is 14.2. The molecule has 1 saturated carbocycles. The maximum absolute atomic E-state index is 11.8. The van der Waals surface area contributed by atoms with E-state index in [4.69, 9.17) is 0 Å². The third-order valence-corrected chi connectivity index (χ3v) is 5.00. The molecule has 2 rings (SSSR count). The van der Waals surface area contributed by atoms with Crippen molar-refractivity contribution >= 4 is 5.97 Å². The summed E-state index contributed by atoms with van der Waals surface area (Å²) in [5.74, 6) is 0.0755. The summed E-state index contributed by atoms with van der Waals surface area (Å²) in [6, 6.07) is 2.07. The second-order valence-electron chi connectivity index (χ2n) is 6.22. The molecule has 112 valence electrons. The zero-order valence-electron chi connectivity index (χ0n) is 12.9. The van der Waals surface area contributed by atoms with Crippen LogP contribution in [0.2, 0.25) is 0 Å². The van der Waals surface area contributed by atoms with Gasteiger partial charge in [-0.2, -0.15) is 5.10 Å². The predicted molar refractivity (Wildman–Crippen MR) is 78.6 cm³/mol. The predicted octanol–water partition coefficient (Wildman–Crippen LogP) is 3.20. The topological polar surface area (TPSA) is 55.1 Å². The number of nitrogens with zero attached hydrogens (tertiary/aromatic N) is 2. The van der Waals surface area contributed by atoms with E-state index < -0.39 is 11.4 Å². The van der Waals surface area contributed by atoms with Gasteiger partial charge in [0.25, 0.3) is 0 Å². The molecule has 1 aliphatic carbocycles. The molecule has 1 aliphatic rings. The van der Waals surface area contributed by atoms with Gasteiger partial charge < -0.3 is 5.11 Å². The lowest BCUT2D eigenvalue weighted by atomic mass is 9.67. The van der Waals surface area contributed by atoms with Crippen molar-refractivity contribution in [1.29, 1.82) is 0 Å². The molecule has 20 heavy (non-hydrogen) atoms. The second-order valence-corrected chi connectivity index (χ2v) is 6.22. The number of carboxylic acids is 1. The van der Waals surface area contributed by atoms with Crippen molar-refractivity contribution in [2.24, 2.45) is 18.4 Å². The molecule has 1 heterocycles. The van der Waals surface area contributed by atoms with Crippen molar-refractivity contribution < 1.29 is 9.90 Å². The number of carbonyl (C=O) groups is 1. The summed E-state index contributed by atoms with van der Waals surface area (Å²) in [7, 11) is 1.92. The Kier molecular flexibility index (Phi) is 4.51. The van der Waals surface area contributed by atoms with Gasteiger partial charge in [-0.05, 0) is 44.1 Å². The molecule has 4 nitrogen and oxygen atoms in total. The van der Waals surface area contributed by atoms with Gasteiger partial charge in [0, 0.05) is 19.2 Å². The van der Waals surface area contributed by atoms with Crippen molar-refractivity contribution in [3.63, 3.8) is 0 Å². The number of hydrogen-bond acceptors (Lipinski definition) is 2. The zero-order valence-corrected chi connectivity index (χ0v) is 12.9. The summed E-state index contributed by atoms with van der Waals surface area (Å²) in [6.45, 7) is 4.28. The number of aryl methyl sites for hydroxylation is 2. The van der Waals surface area contributed by atoms with E-state index in [1.807, 2.05) is 11.7 Å². The molecule has 1 fully saturated rings. The quantitative estimate of drug-likeness (QED) is 0.900. The highest BCUT2D eigenvalue weighted by Gasteiger charge is 2.42. The zero-order chi connectivity index (χ0) is 14.8. The molecule has 0 amide bonds. The summed E-state index contributed by atoms with van der Waals surface area (Å²) in [6.07, 6.45) is 6.36. The Morgan fingerprint density at radius 3 is 2.55 bits per heavy atom. The number of aliphatic carboxylic acids is 1. The Hall–Kier alpha value is -1.32. The van der Waals surface area contributed by atoms with Gasteiger partial charge >= 0.3 is 5.97 Å². The largest absolute Gasteiger partial charge is 0.481 e. The molecule has 0 bridgehead atoms. The van der Waals surface area contributed by atoms with Crippen LogP contribution in [0.15, 0.2) is 6.07 Å². The highest BCUT2D eigenvalue weighted by molar-refractivity contribution is 5.75. The van der Waals surface area contributed by atoms with Gasteiger partial charge in [-0.15, -0.1) is 0 Å². The Balaban J connectivity index is 2.17. The Morgan fingerprint density at radius 2 is 2.10 bits per heavy atom. The van der Waals surface area contributed by atoms with E-state index in [2.05, 4.69) is 25.0 Å². The molecule has 0 unspecified atom stereocenters. The Morgan fingerprint density at radius 1 is 1.45 bits per heavy atom. The number of aromatic nitrogens is 2. The summed E-state index contributed by atoms with van der Waals surface area (Å²) < 4.78 is 1.86. The van der Waals surface area contributed by atoms with Crippen molar-refractivity contribution in [2.75, 3.05) is 0 Å². The smallest absolute Gasteiger partial charge is 0.310 e. The maximum atomic E-state index is 11.8. The third-order valence-electron chi connectivity index (χ3n) is 5.00. The fourth-order valence-corrected chi connectivity index (χ4v) is 3.36. The molecule has 0 radical (unpaired) electrons. The van der Waals surface area contributed by atoms with E-state index in [1.54, 1.807) is 0 Å². The number of hydrogen-bond donors (Lipinski definition) is 1. The van der Waals surface area contributed by atoms with Gasteiger partial charge in [0.2, 0.25) is 0 Å². The van der Waals surface area contributed by atoms with Crippen LogP contribution in [0.4, 0.5) is 0 Å². The summed E-state index contributed by atoms with van der Waals surface area (Å²) >= 11 is 0. The van der Waals surface area contributed by atoms with Gasteiger partial charge in [-0.1, -0.05) is 20.3 Å². The lowest BCUT2D eigenvalue weighted by Crippen LogP contribution is -2.38. The van der Waals surface area contributed by atoms with Gasteiger partial charge in [0.05, 0.1) is 11.1 Å². The average molecular weight is 278 g/mol. The van der Waals surface area contributed by atoms with Crippen LogP contribution >= 0.6 is 0 Å². The van der Waals surface area contributed by atoms with Crippen LogP contribution < -0.4 is 0 Å². The van der Waals surface area contributed by atoms with Gasteiger partial charge in [0.1, 0.15) is 0 Å². The normalized spacial score (nSPS) is 26.6. The van der Waals surface area contributed by atoms with E-state index in [-0.39, 0.29) is 0 Å².